The number of nitro groups is 1. The first-order valence-corrected chi connectivity index (χ1v) is 2.12. The van der Waals surface area contributed by atoms with Crippen molar-refractivity contribution in [3.8, 4) is 0 Å². The summed E-state index contributed by atoms with van der Waals surface area (Å²) in [5, 5.41) is 23.0. The summed E-state index contributed by atoms with van der Waals surface area (Å²) in [6.07, 6.45) is 0. The predicted octanol–water partition coefficient (Wildman–Crippen LogP) is -1.20. The SMILES string of the molecule is Nc1no[n+]([O-])c1[N+](=O)[O-]. The minimum atomic E-state index is -0.973. The van der Waals surface area contributed by atoms with E-state index in [4.69, 9.17) is 5.73 Å². The van der Waals surface area contributed by atoms with E-state index in [9.17, 15) is 15.3 Å². The fourth-order valence-corrected chi connectivity index (χ4v) is 0.414. The summed E-state index contributed by atoms with van der Waals surface area (Å²) in [4.78, 5) is 8.57. The van der Waals surface area contributed by atoms with Crippen LogP contribution in [0.25, 0.3) is 0 Å². The summed E-state index contributed by atoms with van der Waals surface area (Å²) < 4.78 is 3.80. The average molecular weight is 146 g/mol. The maximum Gasteiger partial charge on any atom is 0.513 e. The van der Waals surface area contributed by atoms with Crippen LogP contribution in [0.15, 0.2) is 4.63 Å². The van der Waals surface area contributed by atoms with E-state index >= 15 is 0 Å². The molecule has 0 radical (unpaired) electrons. The van der Waals surface area contributed by atoms with Gasteiger partial charge in [-0.2, -0.15) is 4.63 Å². The molecule has 1 aromatic heterocycles. The molecule has 1 rings (SSSR count). The molecule has 8 nitrogen and oxygen atoms in total. The van der Waals surface area contributed by atoms with Crippen molar-refractivity contribution in [2.45, 2.75) is 0 Å². The molecule has 8 heteroatoms. The van der Waals surface area contributed by atoms with Gasteiger partial charge in [0.15, 0.2) is 0 Å². The Labute approximate surface area is 53.5 Å². The third kappa shape index (κ3) is 0.708. The smallest absolute Gasteiger partial charge is 0.345 e. The van der Waals surface area contributed by atoms with Crippen molar-refractivity contribution >= 4 is 11.6 Å². The summed E-state index contributed by atoms with van der Waals surface area (Å²) >= 11 is 0. The van der Waals surface area contributed by atoms with Gasteiger partial charge in [0.05, 0.1) is 4.90 Å². The Morgan fingerprint density at radius 2 is 2.40 bits per heavy atom. The first kappa shape index (κ1) is 6.26. The monoisotopic (exact) mass is 146 g/mol. The molecule has 2 N–H and O–H groups in total. The maximum absolute atomic E-state index is 10.2. The second-order valence-electron chi connectivity index (χ2n) is 1.40. The second-order valence-corrected chi connectivity index (χ2v) is 1.40. The first-order chi connectivity index (χ1) is 4.63. The number of hydrogen-bond acceptors (Lipinski definition) is 6. The Hall–Kier alpha value is -1.86. The minimum Gasteiger partial charge on any atom is -0.345 e. The Morgan fingerprint density at radius 3 is 2.60 bits per heavy atom. The highest BCUT2D eigenvalue weighted by Crippen LogP contribution is 2.10. The van der Waals surface area contributed by atoms with Gasteiger partial charge in [0.2, 0.25) is 0 Å². The lowest BCUT2D eigenvalue weighted by Gasteiger charge is -1.84. The second kappa shape index (κ2) is 1.83. The first-order valence-electron chi connectivity index (χ1n) is 2.12. The van der Waals surface area contributed by atoms with Gasteiger partial charge >= 0.3 is 11.6 Å². The molecule has 0 spiro atoms. The number of anilines is 1. The molecule has 10 heavy (non-hydrogen) atoms. The molecule has 0 atom stereocenters. The van der Waals surface area contributed by atoms with E-state index in [2.05, 4.69) is 9.79 Å². The fourth-order valence-electron chi connectivity index (χ4n) is 0.414. The molecule has 0 unspecified atom stereocenters. The number of nitrogens with zero attached hydrogens (tertiary/aromatic N) is 3. The third-order valence-corrected chi connectivity index (χ3v) is 0.788. The average Bonchev–Trinajstić information content (AvgIpc) is 2.11. The van der Waals surface area contributed by atoms with Gasteiger partial charge in [-0.25, -0.2) is 0 Å². The van der Waals surface area contributed by atoms with E-state index in [1.807, 2.05) is 0 Å². The van der Waals surface area contributed by atoms with Crippen LogP contribution in [0.1, 0.15) is 0 Å². The van der Waals surface area contributed by atoms with Crippen LogP contribution in [-0.4, -0.2) is 10.1 Å². The molecule has 0 amide bonds. The highest BCUT2D eigenvalue weighted by molar-refractivity contribution is 5.39. The highest BCUT2D eigenvalue weighted by Gasteiger charge is 2.27. The summed E-state index contributed by atoms with van der Waals surface area (Å²) in [5.41, 5.74) is 4.87. The Kier molecular flexibility index (Phi) is 1.14. The van der Waals surface area contributed by atoms with Crippen molar-refractivity contribution in [3.05, 3.63) is 15.3 Å². The molecule has 1 aromatic rings. The number of rotatable bonds is 1. The topological polar surface area (TPSA) is 122 Å². The van der Waals surface area contributed by atoms with Crippen molar-refractivity contribution in [1.82, 2.24) is 5.16 Å². The van der Waals surface area contributed by atoms with Crippen LogP contribution in [0.2, 0.25) is 0 Å². The summed E-state index contributed by atoms with van der Waals surface area (Å²) in [5.74, 6) is -1.42. The number of nitrogen functional groups attached to an aromatic ring is 1. The van der Waals surface area contributed by atoms with E-state index in [0.717, 1.165) is 0 Å². The summed E-state index contributed by atoms with van der Waals surface area (Å²) in [6.45, 7) is 0. The lowest BCUT2D eigenvalue weighted by molar-refractivity contribution is -0.825. The Bertz CT molecular complexity index is 247. The van der Waals surface area contributed by atoms with Crippen molar-refractivity contribution < 1.29 is 14.5 Å². The highest BCUT2D eigenvalue weighted by atomic mass is 16.8. The van der Waals surface area contributed by atoms with Crippen LogP contribution in [0, 0.1) is 15.3 Å². The number of aromatic nitrogens is 2. The van der Waals surface area contributed by atoms with Crippen LogP contribution in [-0.2, 0) is 0 Å². The zero-order chi connectivity index (χ0) is 7.72. The summed E-state index contributed by atoms with van der Waals surface area (Å²) in [7, 11) is 0. The quantitative estimate of drug-likeness (QED) is 0.301. The van der Waals surface area contributed by atoms with Crippen LogP contribution >= 0.6 is 0 Å². The van der Waals surface area contributed by atoms with Crippen molar-refractivity contribution in [2.24, 2.45) is 0 Å². The predicted molar refractivity (Wildman–Crippen MR) is 26.5 cm³/mol. The zero-order valence-corrected chi connectivity index (χ0v) is 4.55. The fraction of sp³-hybridized carbons (Fsp3) is 0. The molecule has 0 bridgehead atoms. The van der Waals surface area contributed by atoms with E-state index < -0.39 is 16.6 Å². The Balaban J connectivity index is 3.23. The molecule has 1 heterocycles. The van der Waals surface area contributed by atoms with Gasteiger partial charge < -0.3 is 21.1 Å². The molecule has 0 aromatic carbocycles. The molecule has 0 aliphatic heterocycles. The molecular formula is C2H2N4O4. The minimum absolute atomic E-state index is 0.366. The standard InChI is InChI=1S/C2H2N4O4/c3-1-2(5(7)8)6(9)10-4-1/h(H2,3,4). The van der Waals surface area contributed by atoms with E-state index in [-0.39, 0.29) is 4.90 Å². The van der Waals surface area contributed by atoms with Crippen molar-refractivity contribution in [3.63, 3.8) is 0 Å². The molecule has 0 saturated heterocycles. The van der Waals surface area contributed by atoms with Crippen molar-refractivity contribution in [2.75, 3.05) is 5.73 Å². The molecule has 54 valence electrons. The van der Waals surface area contributed by atoms with Gasteiger partial charge in [-0.05, 0) is 0 Å². The van der Waals surface area contributed by atoms with Crippen LogP contribution in [0.4, 0.5) is 11.6 Å². The van der Waals surface area contributed by atoms with Crippen molar-refractivity contribution in [1.29, 1.82) is 0 Å². The van der Waals surface area contributed by atoms with Gasteiger partial charge in [-0.1, -0.05) is 0 Å². The number of hydrogen-bond donors (Lipinski definition) is 1. The van der Waals surface area contributed by atoms with Gasteiger partial charge in [0.25, 0.3) is 0 Å². The van der Waals surface area contributed by atoms with Gasteiger partial charge in [-0.15, -0.1) is 0 Å². The molecule has 0 aliphatic carbocycles. The zero-order valence-electron chi connectivity index (χ0n) is 4.55. The third-order valence-electron chi connectivity index (χ3n) is 0.788. The van der Waals surface area contributed by atoms with E-state index in [1.54, 1.807) is 0 Å². The lowest BCUT2D eigenvalue weighted by atomic mass is 10.7. The summed E-state index contributed by atoms with van der Waals surface area (Å²) in [6, 6.07) is 0. The molecule has 0 saturated carbocycles. The van der Waals surface area contributed by atoms with Crippen LogP contribution in [0.3, 0.4) is 0 Å². The molecule has 0 fully saturated rings. The van der Waals surface area contributed by atoms with E-state index in [1.165, 1.54) is 0 Å². The van der Waals surface area contributed by atoms with Gasteiger partial charge in [-0.3, -0.25) is 0 Å². The molecular weight excluding hydrogens is 144 g/mol. The maximum atomic E-state index is 10.2. The normalized spacial score (nSPS) is 9.60. The number of nitrogens with two attached hydrogens (primary N) is 1. The lowest BCUT2D eigenvalue weighted by Crippen LogP contribution is -2.26. The largest absolute Gasteiger partial charge is 0.513 e. The Morgan fingerprint density at radius 1 is 1.80 bits per heavy atom. The van der Waals surface area contributed by atoms with Crippen LogP contribution < -0.4 is 10.6 Å². The molecule has 0 aliphatic rings. The van der Waals surface area contributed by atoms with Gasteiger partial charge in [0.1, 0.15) is 5.16 Å². The van der Waals surface area contributed by atoms with Gasteiger partial charge in [0, 0.05) is 4.92 Å². The van der Waals surface area contributed by atoms with E-state index in [0.29, 0.717) is 0 Å². The van der Waals surface area contributed by atoms with Crippen LogP contribution in [0.5, 0.6) is 0 Å².